The summed E-state index contributed by atoms with van der Waals surface area (Å²) >= 11 is 1.91. The van der Waals surface area contributed by atoms with E-state index in [4.69, 9.17) is 0 Å². The van der Waals surface area contributed by atoms with Crippen LogP contribution in [0.1, 0.15) is 39.0 Å². The molecule has 0 aromatic heterocycles. The highest BCUT2D eigenvalue weighted by Crippen LogP contribution is 2.56. The molecule has 3 atom stereocenters. The summed E-state index contributed by atoms with van der Waals surface area (Å²) in [6, 6.07) is 0. The molecule has 2 heteroatoms. The predicted molar refractivity (Wildman–Crippen MR) is 59.4 cm³/mol. The van der Waals surface area contributed by atoms with E-state index in [-0.39, 0.29) is 4.75 Å². The molecule has 3 unspecified atom stereocenters. The van der Waals surface area contributed by atoms with Gasteiger partial charge >= 0.3 is 0 Å². The SMILES string of the molecule is CC1(C(=O)C2CC3CC3C2)CCCS1. The zero-order chi connectivity index (χ0) is 9.76. The van der Waals surface area contributed by atoms with E-state index in [2.05, 4.69) is 6.92 Å². The van der Waals surface area contributed by atoms with Crippen molar-refractivity contribution < 1.29 is 4.79 Å². The zero-order valence-electron chi connectivity index (χ0n) is 8.79. The molecule has 1 saturated heterocycles. The minimum Gasteiger partial charge on any atom is -0.298 e. The molecular weight excluding hydrogens is 192 g/mol. The van der Waals surface area contributed by atoms with Crippen LogP contribution in [-0.4, -0.2) is 16.3 Å². The first-order valence-electron chi connectivity index (χ1n) is 5.87. The third-order valence-corrected chi connectivity index (χ3v) is 5.89. The Labute approximate surface area is 90.0 Å². The van der Waals surface area contributed by atoms with Gasteiger partial charge in [0.05, 0.1) is 4.75 Å². The minimum atomic E-state index is 0.00144. The van der Waals surface area contributed by atoms with Gasteiger partial charge in [-0.3, -0.25) is 4.79 Å². The van der Waals surface area contributed by atoms with E-state index in [0.29, 0.717) is 11.7 Å². The van der Waals surface area contributed by atoms with Crippen LogP contribution in [0.3, 0.4) is 0 Å². The fourth-order valence-corrected chi connectivity index (χ4v) is 4.67. The molecule has 0 N–H and O–H groups in total. The number of Topliss-reactive ketones (excluding diaryl/α,β-unsaturated/α-hetero) is 1. The molecule has 0 aromatic carbocycles. The van der Waals surface area contributed by atoms with E-state index in [9.17, 15) is 4.79 Å². The molecule has 1 heterocycles. The minimum absolute atomic E-state index is 0.00144. The molecule has 1 nitrogen and oxygen atoms in total. The predicted octanol–water partition coefficient (Wildman–Crippen LogP) is 2.89. The van der Waals surface area contributed by atoms with E-state index in [0.717, 1.165) is 18.3 Å². The molecule has 3 rings (SSSR count). The molecular formula is C12H18OS. The summed E-state index contributed by atoms with van der Waals surface area (Å²) in [5, 5.41) is 0. The van der Waals surface area contributed by atoms with Crippen molar-refractivity contribution in [1.82, 2.24) is 0 Å². The molecule has 0 amide bonds. The number of hydrogen-bond donors (Lipinski definition) is 0. The largest absolute Gasteiger partial charge is 0.298 e. The van der Waals surface area contributed by atoms with E-state index in [1.165, 1.54) is 31.4 Å². The van der Waals surface area contributed by atoms with Crippen molar-refractivity contribution in [2.24, 2.45) is 17.8 Å². The van der Waals surface area contributed by atoms with Gasteiger partial charge in [-0.05, 0) is 56.6 Å². The van der Waals surface area contributed by atoms with Gasteiger partial charge in [0.25, 0.3) is 0 Å². The molecule has 2 aliphatic carbocycles. The monoisotopic (exact) mass is 210 g/mol. The van der Waals surface area contributed by atoms with Crippen LogP contribution in [0, 0.1) is 17.8 Å². The second-order valence-electron chi connectivity index (χ2n) is 5.47. The maximum atomic E-state index is 12.3. The second-order valence-corrected chi connectivity index (χ2v) is 7.07. The van der Waals surface area contributed by atoms with Crippen molar-refractivity contribution in [1.29, 1.82) is 0 Å². The van der Waals surface area contributed by atoms with Crippen molar-refractivity contribution in [3.05, 3.63) is 0 Å². The van der Waals surface area contributed by atoms with Crippen molar-refractivity contribution >= 4 is 17.5 Å². The van der Waals surface area contributed by atoms with E-state index in [1.54, 1.807) is 0 Å². The zero-order valence-corrected chi connectivity index (χ0v) is 9.61. The molecule has 1 aliphatic heterocycles. The number of carbonyl (C=O) groups excluding carboxylic acids is 1. The Balaban J connectivity index is 1.69. The van der Waals surface area contributed by atoms with Crippen molar-refractivity contribution in [3.8, 4) is 0 Å². The summed E-state index contributed by atoms with van der Waals surface area (Å²) in [7, 11) is 0. The van der Waals surface area contributed by atoms with Gasteiger partial charge in [-0.2, -0.15) is 0 Å². The average molecular weight is 210 g/mol. The van der Waals surface area contributed by atoms with Gasteiger partial charge in [0.2, 0.25) is 0 Å². The van der Waals surface area contributed by atoms with Gasteiger partial charge in [0.1, 0.15) is 0 Å². The molecule has 3 fully saturated rings. The molecule has 2 saturated carbocycles. The lowest BCUT2D eigenvalue weighted by Crippen LogP contribution is -2.34. The Morgan fingerprint density at radius 1 is 1.29 bits per heavy atom. The molecule has 3 aliphatic rings. The number of fused-ring (bicyclic) bond motifs is 1. The van der Waals surface area contributed by atoms with Gasteiger partial charge in [-0.25, -0.2) is 0 Å². The maximum Gasteiger partial charge on any atom is 0.151 e. The quantitative estimate of drug-likeness (QED) is 0.697. The molecule has 0 radical (unpaired) electrons. The van der Waals surface area contributed by atoms with Crippen LogP contribution in [0.2, 0.25) is 0 Å². The lowest BCUT2D eigenvalue weighted by molar-refractivity contribution is -0.125. The molecule has 0 aromatic rings. The number of ketones is 1. The van der Waals surface area contributed by atoms with E-state index in [1.807, 2.05) is 11.8 Å². The maximum absolute atomic E-state index is 12.3. The van der Waals surface area contributed by atoms with Gasteiger partial charge in [0, 0.05) is 5.92 Å². The number of thioether (sulfide) groups is 1. The summed E-state index contributed by atoms with van der Waals surface area (Å²) in [5.74, 6) is 4.11. The van der Waals surface area contributed by atoms with Gasteiger partial charge < -0.3 is 0 Å². The fourth-order valence-electron chi connectivity index (χ4n) is 3.33. The van der Waals surface area contributed by atoms with Crippen molar-refractivity contribution in [2.75, 3.05) is 5.75 Å². The van der Waals surface area contributed by atoms with Crippen LogP contribution in [0.5, 0.6) is 0 Å². The van der Waals surface area contributed by atoms with Gasteiger partial charge in [-0.1, -0.05) is 0 Å². The Kier molecular flexibility index (Phi) is 1.99. The highest BCUT2D eigenvalue weighted by molar-refractivity contribution is 8.01. The number of rotatable bonds is 2. The Hall–Kier alpha value is 0.0200. The van der Waals surface area contributed by atoms with Gasteiger partial charge in [-0.15, -0.1) is 11.8 Å². The summed E-state index contributed by atoms with van der Waals surface area (Å²) < 4.78 is 0.00144. The third kappa shape index (κ3) is 1.34. The topological polar surface area (TPSA) is 17.1 Å². The first kappa shape index (κ1) is 9.26. The van der Waals surface area contributed by atoms with E-state index >= 15 is 0 Å². The fraction of sp³-hybridized carbons (Fsp3) is 0.917. The molecule has 0 bridgehead atoms. The summed E-state index contributed by atoms with van der Waals surface area (Å²) in [6.07, 6.45) is 6.24. The van der Waals surface area contributed by atoms with Crippen LogP contribution < -0.4 is 0 Å². The lowest BCUT2D eigenvalue weighted by atomic mass is 9.87. The summed E-state index contributed by atoms with van der Waals surface area (Å²) in [6.45, 7) is 2.18. The van der Waals surface area contributed by atoms with Crippen molar-refractivity contribution in [3.63, 3.8) is 0 Å². The van der Waals surface area contributed by atoms with Crippen LogP contribution in [0.4, 0.5) is 0 Å². The third-order valence-electron chi connectivity index (χ3n) is 4.35. The number of carbonyl (C=O) groups is 1. The molecule has 14 heavy (non-hydrogen) atoms. The van der Waals surface area contributed by atoms with E-state index < -0.39 is 0 Å². The summed E-state index contributed by atoms with van der Waals surface area (Å²) in [5.41, 5.74) is 0. The van der Waals surface area contributed by atoms with Gasteiger partial charge in [0.15, 0.2) is 5.78 Å². The van der Waals surface area contributed by atoms with Crippen LogP contribution in [-0.2, 0) is 4.79 Å². The lowest BCUT2D eigenvalue weighted by Gasteiger charge is -2.25. The first-order chi connectivity index (χ1) is 6.69. The highest BCUT2D eigenvalue weighted by atomic mass is 32.2. The standard InChI is InChI=1S/C12H18OS/c1-12(3-2-4-14-12)11(13)10-6-8-5-9(8)7-10/h8-10H,2-7H2,1H3. The Bertz CT molecular complexity index is 257. The number of hydrogen-bond acceptors (Lipinski definition) is 2. The highest BCUT2D eigenvalue weighted by Gasteiger charge is 2.51. The second kappa shape index (κ2) is 3.01. The van der Waals surface area contributed by atoms with Crippen LogP contribution >= 0.6 is 11.8 Å². The van der Waals surface area contributed by atoms with Crippen molar-refractivity contribution in [2.45, 2.75) is 43.8 Å². The van der Waals surface area contributed by atoms with Crippen LogP contribution in [0.25, 0.3) is 0 Å². The smallest absolute Gasteiger partial charge is 0.151 e. The average Bonchev–Trinajstić information content (AvgIpc) is 2.65. The Morgan fingerprint density at radius 3 is 2.57 bits per heavy atom. The van der Waals surface area contributed by atoms with Crippen LogP contribution in [0.15, 0.2) is 0 Å². The normalized spacial score (nSPS) is 50.5. The summed E-state index contributed by atoms with van der Waals surface area (Å²) in [4.78, 5) is 12.3. The first-order valence-corrected chi connectivity index (χ1v) is 6.86. The molecule has 78 valence electrons. The Morgan fingerprint density at radius 2 is 2.00 bits per heavy atom. The molecule has 0 spiro atoms.